The molecule has 86 valence electrons. The van der Waals surface area contributed by atoms with Crippen LogP contribution in [0.15, 0.2) is 12.4 Å². The van der Waals surface area contributed by atoms with E-state index in [4.69, 9.17) is 11.7 Å². The van der Waals surface area contributed by atoms with Gasteiger partial charge in [-0.1, -0.05) is 5.92 Å². The molecule has 1 aliphatic rings. The lowest BCUT2D eigenvalue weighted by Crippen LogP contribution is -2.56. The van der Waals surface area contributed by atoms with Crippen molar-refractivity contribution in [2.45, 2.75) is 19.0 Å². The van der Waals surface area contributed by atoms with Crippen molar-refractivity contribution < 1.29 is 0 Å². The number of anilines is 1. The Hall–Kier alpha value is -2.11. The van der Waals surface area contributed by atoms with Gasteiger partial charge in [0.05, 0.1) is 18.0 Å². The molecule has 2 rings (SSSR count). The Morgan fingerprint density at radius 1 is 1.47 bits per heavy atom. The van der Waals surface area contributed by atoms with Crippen LogP contribution in [0.2, 0.25) is 0 Å². The SMILES string of the molecule is C#C[C@H]1CNC[C@H](C)N1c1ncc(C#N)cn1. The Bertz CT molecular complexity index is 467. The maximum absolute atomic E-state index is 8.70. The summed E-state index contributed by atoms with van der Waals surface area (Å²) in [7, 11) is 0. The van der Waals surface area contributed by atoms with Gasteiger partial charge in [-0.15, -0.1) is 6.42 Å². The maximum Gasteiger partial charge on any atom is 0.226 e. The van der Waals surface area contributed by atoms with E-state index in [-0.39, 0.29) is 12.1 Å². The predicted molar refractivity (Wildman–Crippen MR) is 64.2 cm³/mol. The summed E-state index contributed by atoms with van der Waals surface area (Å²) in [6.45, 7) is 3.64. The number of nitrogens with zero attached hydrogens (tertiary/aromatic N) is 4. The van der Waals surface area contributed by atoms with Crippen molar-refractivity contribution >= 4 is 5.95 Å². The largest absolute Gasteiger partial charge is 0.322 e. The molecule has 0 aliphatic carbocycles. The van der Waals surface area contributed by atoms with E-state index in [2.05, 4.69) is 28.1 Å². The summed E-state index contributed by atoms with van der Waals surface area (Å²) < 4.78 is 0. The second-order valence-corrected chi connectivity index (χ2v) is 3.98. The van der Waals surface area contributed by atoms with Crippen LogP contribution < -0.4 is 10.2 Å². The van der Waals surface area contributed by atoms with Crippen LogP contribution in [-0.4, -0.2) is 35.1 Å². The predicted octanol–water partition coefficient (Wildman–Crippen LogP) is 0.148. The highest BCUT2D eigenvalue weighted by atomic mass is 15.3. The molecule has 2 heterocycles. The van der Waals surface area contributed by atoms with Gasteiger partial charge in [-0.3, -0.25) is 0 Å². The summed E-state index contributed by atoms with van der Waals surface area (Å²) in [5.41, 5.74) is 0.453. The minimum atomic E-state index is -0.0494. The van der Waals surface area contributed by atoms with Gasteiger partial charge in [-0.05, 0) is 6.92 Å². The third kappa shape index (κ3) is 2.20. The molecule has 0 amide bonds. The van der Waals surface area contributed by atoms with E-state index in [1.165, 1.54) is 12.4 Å². The zero-order chi connectivity index (χ0) is 12.3. The summed E-state index contributed by atoms with van der Waals surface area (Å²) in [4.78, 5) is 10.4. The van der Waals surface area contributed by atoms with Crippen LogP contribution >= 0.6 is 0 Å². The topological polar surface area (TPSA) is 64.8 Å². The fraction of sp³-hybridized carbons (Fsp3) is 0.417. The van der Waals surface area contributed by atoms with Crippen LogP contribution in [0.4, 0.5) is 5.95 Å². The lowest BCUT2D eigenvalue weighted by molar-refractivity contribution is 0.453. The number of nitriles is 1. The molecule has 5 heteroatoms. The molecular formula is C12H13N5. The van der Waals surface area contributed by atoms with E-state index < -0.39 is 0 Å². The van der Waals surface area contributed by atoms with Crippen molar-refractivity contribution in [3.8, 4) is 18.4 Å². The first-order chi connectivity index (χ1) is 8.26. The third-order valence-electron chi connectivity index (χ3n) is 2.78. The Morgan fingerprint density at radius 2 is 2.18 bits per heavy atom. The molecular weight excluding hydrogens is 214 g/mol. The molecule has 2 atom stereocenters. The summed E-state index contributed by atoms with van der Waals surface area (Å²) in [6.07, 6.45) is 8.55. The van der Waals surface area contributed by atoms with Crippen molar-refractivity contribution in [2.24, 2.45) is 0 Å². The van der Waals surface area contributed by atoms with Crippen LogP contribution in [0.5, 0.6) is 0 Å². The molecule has 0 unspecified atom stereocenters. The second-order valence-electron chi connectivity index (χ2n) is 3.98. The van der Waals surface area contributed by atoms with Crippen LogP contribution in [0.1, 0.15) is 12.5 Å². The first-order valence-corrected chi connectivity index (χ1v) is 5.43. The molecule has 0 radical (unpaired) electrons. The number of hydrogen-bond donors (Lipinski definition) is 1. The zero-order valence-corrected chi connectivity index (χ0v) is 9.59. The highest BCUT2D eigenvalue weighted by Crippen LogP contribution is 2.16. The van der Waals surface area contributed by atoms with Crippen molar-refractivity contribution in [1.82, 2.24) is 15.3 Å². The smallest absolute Gasteiger partial charge is 0.226 e. The van der Waals surface area contributed by atoms with E-state index in [0.29, 0.717) is 11.5 Å². The van der Waals surface area contributed by atoms with Gasteiger partial charge in [-0.2, -0.15) is 5.26 Å². The molecule has 0 saturated carbocycles. The zero-order valence-electron chi connectivity index (χ0n) is 9.59. The van der Waals surface area contributed by atoms with Crippen molar-refractivity contribution in [2.75, 3.05) is 18.0 Å². The number of terminal acetylenes is 1. The Morgan fingerprint density at radius 3 is 2.76 bits per heavy atom. The molecule has 17 heavy (non-hydrogen) atoms. The summed E-state index contributed by atoms with van der Waals surface area (Å²) in [5.74, 6) is 3.31. The van der Waals surface area contributed by atoms with Crippen molar-refractivity contribution in [1.29, 1.82) is 5.26 Å². The summed E-state index contributed by atoms with van der Waals surface area (Å²) in [6, 6.07) is 2.18. The molecule has 1 fully saturated rings. The molecule has 1 aliphatic heterocycles. The van der Waals surface area contributed by atoms with Gasteiger partial charge in [0, 0.05) is 19.1 Å². The molecule has 1 aromatic rings. The highest BCUT2D eigenvalue weighted by molar-refractivity contribution is 5.40. The second kappa shape index (κ2) is 4.82. The lowest BCUT2D eigenvalue weighted by Gasteiger charge is -2.38. The molecule has 0 aromatic carbocycles. The fourth-order valence-corrected chi connectivity index (χ4v) is 1.92. The van der Waals surface area contributed by atoms with Gasteiger partial charge < -0.3 is 10.2 Å². The summed E-state index contributed by atoms with van der Waals surface area (Å²) >= 11 is 0. The third-order valence-corrected chi connectivity index (χ3v) is 2.78. The number of aromatic nitrogens is 2. The lowest BCUT2D eigenvalue weighted by atomic mass is 10.1. The average molecular weight is 227 g/mol. The average Bonchev–Trinajstić information content (AvgIpc) is 2.38. The molecule has 1 aromatic heterocycles. The minimum Gasteiger partial charge on any atom is -0.322 e. The first-order valence-electron chi connectivity index (χ1n) is 5.43. The van der Waals surface area contributed by atoms with Crippen molar-refractivity contribution in [3.05, 3.63) is 18.0 Å². The van der Waals surface area contributed by atoms with Gasteiger partial charge in [-0.25, -0.2) is 9.97 Å². The molecule has 5 nitrogen and oxygen atoms in total. The van der Waals surface area contributed by atoms with E-state index in [0.717, 1.165) is 13.1 Å². The van der Waals surface area contributed by atoms with Gasteiger partial charge in [0.1, 0.15) is 12.1 Å². The van der Waals surface area contributed by atoms with Crippen LogP contribution in [-0.2, 0) is 0 Å². The molecule has 0 bridgehead atoms. The van der Waals surface area contributed by atoms with Crippen LogP contribution in [0.25, 0.3) is 0 Å². The summed E-state index contributed by atoms with van der Waals surface area (Å²) in [5, 5.41) is 12.0. The molecule has 1 saturated heterocycles. The van der Waals surface area contributed by atoms with E-state index in [1.54, 1.807) is 0 Å². The van der Waals surface area contributed by atoms with Crippen LogP contribution in [0.3, 0.4) is 0 Å². The normalized spacial score (nSPS) is 23.8. The van der Waals surface area contributed by atoms with E-state index >= 15 is 0 Å². The van der Waals surface area contributed by atoms with E-state index in [1.807, 2.05) is 11.0 Å². The molecule has 1 N–H and O–H groups in total. The van der Waals surface area contributed by atoms with Gasteiger partial charge in [0.15, 0.2) is 0 Å². The van der Waals surface area contributed by atoms with E-state index in [9.17, 15) is 0 Å². The fourth-order valence-electron chi connectivity index (χ4n) is 1.92. The molecule has 0 spiro atoms. The van der Waals surface area contributed by atoms with Crippen LogP contribution in [0, 0.1) is 23.7 Å². The Kier molecular flexibility index (Phi) is 3.22. The number of nitrogens with one attached hydrogen (secondary N) is 1. The van der Waals surface area contributed by atoms with Crippen molar-refractivity contribution in [3.63, 3.8) is 0 Å². The van der Waals surface area contributed by atoms with Gasteiger partial charge in [0.25, 0.3) is 0 Å². The number of rotatable bonds is 1. The highest BCUT2D eigenvalue weighted by Gasteiger charge is 2.28. The number of hydrogen-bond acceptors (Lipinski definition) is 5. The minimum absolute atomic E-state index is 0.0494. The first kappa shape index (κ1) is 11.4. The Labute approximate surface area is 100 Å². The monoisotopic (exact) mass is 227 g/mol. The van der Waals surface area contributed by atoms with Gasteiger partial charge in [0.2, 0.25) is 5.95 Å². The number of piperazine rings is 1. The van der Waals surface area contributed by atoms with Gasteiger partial charge >= 0.3 is 0 Å². The Balaban J connectivity index is 2.29. The standard InChI is InChI=1S/C12H13N5/c1-3-11-8-14-5-9(2)17(11)12-15-6-10(4-13)7-16-12/h1,6-7,9,11,14H,5,8H2,2H3/t9-,11-/m0/s1. The quantitative estimate of drug-likeness (QED) is 0.692. The maximum atomic E-state index is 8.70.